The number of hydrogen-bond acceptors (Lipinski definition) is 2. The predicted octanol–water partition coefficient (Wildman–Crippen LogP) is 3.47. The first-order chi connectivity index (χ1) is 6.79. The molecule has 3 heteroatoms. The molecule has 0 amide bonds. The Hall–Kier alpha value is -0.490. The zero-order valence-corrected chi connectivity index (χ0v) is 9.79. The average molecular weight is 228 g/mol. The second-order valence-electron chi connectivity index (χ2n) is 2.99. The number of nitrogens with one attached hydrogen (secondary N) is 1. The Morgan fingerprint density at radius 3 is 3.00 bits per heavy atom. The smallest absolute Gasteiger partial charge is 0.0561 e. The van der Waals surface area contributed by atoms with Gasteiger partial charge in [-0.2, -0.15) is 0 Å². The van der Waals surface area contributed by atoms with Crippen LogP contribution in [-0.2, 0) is 0 Å². The van der Waals surface area contributed by atoms with Gasteiger partial charge < -0.3 is 5.32 Å². The molecule has 0 aliphatic heterocycles. The van der Waals surface area contributed by atoms with E-state index in [0.29, 0.717) is 6.04 Å². The SMILES string of the molecule is C#CCCC(NCC)c1sccc1Cl. The second-order valence-corrected chi connectivity index (χ2v) is 4.34. The Kier molecular flexibility index (Phi) is 5.03. The van der Waals surface area contributed by atoms with Crippen LogP contribution in [0.3, 0.4) is 0 Å². The summed E-state index contributed by atoms with van der Waals surface area (Å²) in [5.74, 6) is 2.66. The first-order valence-electron chi connectivity index (χ1n) is 4.69. The van der Waals surface area contributed by atoms with E-state index in [0.717, 1.165) is 24.4 Å². The Morgan fingerprint density at radius 1 is 1.71 bits per heavy atom. The Labute approximate surface area is 94.5 Å². The highest BCUT2D eigenvalue weighted by Gasteiger charge is 2.13. The molecule has 1 nitrogen and oxygen atoms in total. The van der Waals surface area contributed by atoms with Gasteiger partial charge in [-0.05, 0) is 24.4 Å². The van der Waals surface area contributed by atoms with Crippen molar-refractivity contribution < 1.29 is 0 Å². The van der Waals surface area contributed by atoms with Gasteiger partial charge >= 0.3 is 0 Å². The fraction of sp³-hybridized carbons (Fsp3) is 0.455. The van der Waals surface area contributed by atoms with Gasteiger partial charge in [0.2, 0.25) is 0 Å². The molecule has 1 aromatic heterocycles. The molecule has 0 aliphatic carbocycles. The van der Waals surface area contributed by atoms with Crippen molar-refractivity contribution in [2.45, 2.75) is 25.8 Å². The van der Waals surface area contributed by atoms with Gasteiger partial charge in [0.1, 0.15) is 0 Å². The van der Waals surface area contributed by atoms with Gasteiger partial charge in [-0.1, -0.05) is 18.5 Å². The molecule has 1 unspecified atom stereocenters. The van der Waals surface area contributed by atoms with Gasteiger partial charge in [-0.15, -0.1) is 23.7 Å². The van der Waals surface area contributed by atoms with Gasteiger partial charge in [-0.3, -0.25) is 0 Å². The third-order valence-corrected chi connectivity index (χ3v) is 3.46. The van der Waals surface area contributed by atoms with Crippen LogP contribution in [-0.4, -0.2) is 6.54 Å². The third kappa shape index (κ3) is 3.02. The van der Waals surface area contributed by atoms with Crippen molar-refractivity contribution in [2.24, 2.45) is 0 Å². The van der Waals surface area contributed by atoms with Crippen LogP contribution in [0.2, 0.25) is 5.02 Å². The highest BCUT2D eigenvalue weighted by Crippen LogP contribution is 2.30. The molecule has 0 saturated carbocycles. The summed E-state index contributed by atoms with van der Waals surface area (Å²) >= 11 is 7.75. The van der Waals surface area contributed by atoms with Crippen molar-refractivity contribution in [3.8, 4) is 12.3 Å². The van der Waals surface area contributed by atoms with E-state index in [9.17, 15) is 0 Å². The molecule has 1 heterocycles. The molecular formula is C11H14ClNS. The van der Waals surface area contributed by atoms with Crippen LogP contribution in [0.4, 0.5) is 0 Å². The highest BCUT2D eigenvalue weighted by molar-refractivity contribution is 7.10. The Bertz CT molecular complexity index is 313. The number of thiophene rings is 1. The van der Waals surface area contributed by atoms with Crippen molar-refractivity contribution in [3.05, 3.63) is 21.3 Å². The van der Waals surface area contributed by atoms with E-state index in [2.05, 4.69) is 18.2 Å². The number of rotatable bonds is 5. The van der Waals surface area contributed by atoms with Crippen molar-refractivity contribution in [2.75, 3.05) is 6.54 Å². The summed E-state index contributed by atoms with van der Waals surface area (Å²) in [5, 5.41) is 6.25. The molecule has 1 N–H and O–H groups in total. The summed E-state index contributed by atoms with van der Waals surface area (Å²) in [6.45, 7) is 3.02. The summed E-state index contributed by atoms with van der Waals surface area (Å²) in [6.07, 6.45) is 6.99. The van der Waals surface area contributed by atoms with E-state index < -0.39 is 0 Å². The van der Waals surface area contributed by atoms with Gasteiger partial charge in [0.05, 0.1) is 5.02 Å². The van der Waals surface area contributed by atoms with Crippen LogP contribution in [0.15, 0.2) is 11.4 Å². The lowest BCUT2D eigenvalue weighted by molar-refractivity contribution is 0.530. The third-order valence-electron chi connectivity index (χ3n) is 1.99. The van der Waals surface area contributed by atoms with Crippen LogP contribution in [0.25, 0.3) is 0 Å². The van der Waals surface area contributed by atoms with Gasteiger partial charge in [-0.25, -0.2) is 0 Å². The molecule has 0 fully saturated rings. The lowest BCUT2D eigenvalue weighted by Crippen LogP contribution is -2.20. The fourth-order valence-corrected chi connectivity index (χ4v) is 2.65. The fourth-order valence-electron chi connectivity index (χ4n) is 1.35. The molecule has 0 saturated heterocycles. The molecule has 0 radical (unpaired) electrons. The highest BCUT2D eigenvalue weighted by atomic mass is 35.5. The van der Waals surface area contributed by atoms with E-state index in [1.807, 2.05) is 11.4 Å². The molecule has 76 valence electrons. The van der Waals surface area contributed by atoms with E-state index >= 15 is 0 Å². The number of hydrogen-bond donors (Lipinski definition) is 1. The van der Waals surface area contributed by atoms with Gasteiger partial charge in [0, 0.05) is 17.3 Å². The maximum Gasteiger partial charge on any atom is 0.0561 e. The summed E-state index contributed by atoms with van der Waals surface area (Å²) in [6, 6.07) is 2.24. The van der Waals surface area contributed by atoms with Crippen molar-refractivity contribution in [1.29, 1.82) is 0 Å². The molecule has 0 aliphatic rings. The normalized spacial score (nSPS) is 12.4. The number of halogens is 1. The van der Waals surface area contributed by atoms with Gasteiger partial charge in [0.15, 0.2) is 0 Å². The minimum atomic E-state index is 0.309. The first-order valence-corrected chi connectivity index (χ1v) is 5.95. The summed E-state index contributed by atoms with van der Waals surface area (Å²) < 4.78 is 0. The standard InChI is InChI=1S/C11H14ClNS/c1-3-5-6-10(13-4-2)11-9(12)7-8-14-11/h1,7-8,10,13H,4-6H2,2H3. The van der Waals surface area contributed by atoms with Crippen LogP contribution < -0.4 is 5.32 Å². The van der Waals surface area contributed by atoms with Crippen molar-refractivity contribution in [1.82, 2.24) is 5.32 Å². The van der Waals surface area contributed by atoms with Crippen LogP contribution >= 0.6 is 22.9 Å². The molecule has 0 bridgehead atoms. The molecule has 1 atom stereocenters. The molecule has 14 heavy (non-hydrogen) atoms. The minimum Gasteiger partial charge on any atom is -0.309 e. The second kappa shape index (κ2) is 6.08. The Balaban J connectivity index is 2.68. The van der Waals surface area contributed by atoms with Crippen molar-refractivity contribution >= 4 is 22.9 Å². The first kappa shape index (κ1) is 11.6. The summed E-state index contributed by atoms with van der Waals surface area (Å²) in [4.78, 5) is 1.20. The molecular weight excluding hydrogens is 214 g/mol. The van der Waals surface area contributed by atoms with Crippen LogP contribution in [0.5, 0.6) is 0 Å². The van der Waals surface area contributed by atoms with E-state index in [4.69, 9.17) is 18.0 Å². The van der Waals surface area contributed by atoms with Crippen LogP contribution in [0, 0.1) is 12.3 Å². The summed E-state index contributed by atoms with van der Waals surface area (Å²) in [7, 11) is 0. The Morgan fingerprint density at radius 2 is 2.50 bits per heavy atom. The minimum absolute atomic E-state index is 0.309. The largest absolute Gasteiger partial charge is 0.309 e. The van der Waals surface area contributed by atoms with Crippen LogP contribution in [0.1, 0.15) is 30.7 Å². The zero-order chi connectivity index (χ0) is 10.4. The molecule has 1 rings (SSSR count). The quantitative estimate of drug-likeness (QED) is 0.760. The van der Waals surface area contributed by atoms with E-state index in [1.54, 1.807) is 11.3 Å². The number of terminal acetylenes is 1. The molecule has 0 spiro atoms. The monoisotopic (exact) mass is 227 g/mol. The average Bonchev–Trinajstić information content (AvgIpc) is 2.59. The lowest BCUT2D eigenvalue weighted by Gasteiger charge is -2.15. The maximum absolute atomic E-state index is 6.07. The molecule has 1 aromatic rings. The van der Waals surface area contributed by atoms with E-state index in [-0.39, 0.29) is 0 Å². The predicted molar refractivity (Wildman–Crippen MR) is 63.8 cm³/mol. The lowest BCUT2D eigenvalue weighted by atomic mass is 10.1. The molecule has 0 aromatic carbocycles. The zero-order valence-electron chi connectivity index (χ0n) is 8.22. The summed E-state index contributed by atoms with van der Waals surface area (Å²) in [5.41, 5.74) is 0. The topological polar surface area (TPSA) is 12.0 Å². The van der Waals surface area contributed by atoms with Crippen molar-refractivity contribution in [3.63, 3.8) is 0 Å². The van der Waals surface area contributed by atoms with Gasteiger partial charge in [0.25, 0.3) is 0 Å². The maximum atomic E-state index is 6.07. The van der Waals surface area contributed by atoms with E-state index in [1.165, 1.54) is 4.88 Å².